The second-order valence-electron chi connectivity index (χ2n) is 22.3. The van der Waals surface area contributed by atoms with Crippen molar-refractivity contribution in [1.82, 2.24) is 35.4 Å². The standard InChI is InChI=1S/C53H86N8O12/c1-15-42-53(11)45(61(50(67)73-53)24-17-16-23-60-30-40(57-58-60)36-19-18-20-37(54)27-36)38(21-22-55-39(25-32(3)62)48(66)72-51(7,8)9)56-29-31(2)28-52(10,68-14)46(34(5)43(63)35(6)47(65)70-42)71-49-44(64)41(59(12)13)26-33(4)69-49/h18-20,27,30-31,33-35,38-39,41-42,44-46,49,55-56,64H,15-17,21-26,28-29,54H2,1-14H3/t31-,33?,34+,35-,38-,39-,41?,42-,44?,45-,46-,49+,52-,53-/m1/s1. The van der Waals surface area contributed by atoms with Crippen molar-refractivity contribution < 1.29 is 57.5 Å². The van der Waals surface area contributed by atoms with Gasteiger partial charge in [0.2, 0.25) is 0 Å². The molecule has 1 aromatic heterocycles. The highest BCUT2D eigenvalue weighted by Crippen LogP contribution is 2.41. The Morgan fingerprint density at radius 3 is 2.42 bits per heavy atom. The second kappa shape index (κ2) is 25.3. The zero-order valence-electron chi connectivity index (χ0n) is 45.8. The molecular formula is C53H86N8O12. The van der Waals surface area contributed by atoms with E-state index in [-0.39, 0.29) is 49.8 Å². The molecule has 14 atom stereocenters. The first kappa shape index (κ1) is 59.3. The summed E-state index contributed by atoms with van der Waals surface area (Å²) in [6, 6.07) is 4.87. The van der Waals surface area contributed by atoms with Crippen molar-refractivity contribution in [1.29, 1.82) is 0 Å². The van der Waals surface area contributed by atoms with Crippen LogP contribution in [0.5, 0.6) is 0 Å². The van der Waals surface area contributed by atoms with E-state index in [1.54, 1.807) is 57.4 Å². The number of nitrogens with one attached hydrogen (secondary N) is 2. The van der Waals surface area contributed by atoms with Gasteiger partial charge in [0, 0.05) is 55.9 Å². The number of likely N-dealkylation sites (N-methyl/N-ethyl adjacent to an activating group) is 1. The number of aryl methyl sites for hydroxylation is 1. The van der Waals surface area contributed by atoms with Gasteiger partial charge in [-0.3, -0.25) is 28.8 Å². The molecule has 0 radical (unpaired) electrons. The quantitative estimate of drug-likeness (QED) is 0.0508. The molecule has 20 heteroatoms. The van der Waals surface area contributed by atoms with Crippen LogP contribution in [0.2, 0.25) is 0 Å². The minimum absolute atomic E-state index is 0.0920. The molecule has 410 valence electrons. The van der Waals surface area contributed by atoms with Crippen LogP contribution >= 0.6 is 0 Å². The molecule has 3 fully saturated rings. The maximum atomic E-state index is 14.7. The molecule has 73 heavy (non-hydrogen) atoms. The molecule has 1 amide bonds. The summed E-state index contributed by atoms with van der Waals surface area (Å²) in [5.74, 6) is -4.40. The van der Waals surface area contributed by atoms with Gasteiger partial charge in [-0.1, -0.05) is 38.1 Å². The topological polar surface area (TPSA) is 248 Å². The molecule has 5 N–H and O–H groups in total. The number of carbonyl (C=O) groups is 5. The molecule has 0 spiro atoms. The lowest BCUT2D eigenvalue weighted by molar-refractivity contribution is -0.295. The smallest absolute Gasteiger partial charge is 0.410 e. The molecule has 3 aliphatic rings. The molecule has 20 nitrogen and oxygen atoms in total. The first-order valence-corrected chi connectivity index (χ1v) is 26.1. The fourth-order valence-electron chi connectivity index (χ4n) is 10.8. The van der Waals surface area contributed by atoms with Gasteiger partial charge in [0.1, 0.15) is 41.2 Å². The number of anilines is 1. The van der Waals surface area contributed by atoms with Gasteiger partial charge in [0.25, 0.3) is 0 Å². The summed E-state index contributed by atoms with van der Waals surface area (Å²) >= 11 is 0. The van der Waals surface area contributed by atoms with Crippen molar-refractivity contribution in [2.24, 2.45) is 17.8 Å². The van der Waals surface area contributed by atoms with Gasteiger partial charge in [-0.05, 0) is 139 Å². The summed E-state index contributed by atoms with van der Waals surface area (Å²) in [4.78, 5) is 73.1. The molecule has 3 unspecified atom stereocenters. The van der Waals surface area contributed by atoms with Gasteiger partial charge < -0.3 is 54.8 Å². The molecule has 2 aromatic rings. The number of rotatable bonds is 18. The number of methoxy groups -OCH3 is 1. The third kappa shape index (κ3) is 15.1. The number of carbonyl (C=O) groups excluding carboxylic acids is 5. The molecule has 0 saturated carbocycles. The van der Waals surface area contributed by atoms with E-state index in [1.807, 2.05) is 71.1 Å². The number of hydrogen-bond acceptors (Lipinski definition) is 18. The Morgan fingerprint density at radius 2 is 1.79 bits per heavy atom. The molecular weight excluding hydrogens is 941 g/mol. The number of Topliss-reactive ketones (excluding diaryl/α,β-unsaturated/α-hetero) is 2. The van der Waals surface area contributed by atoms with E-state index in [2.05, 4.69) is 20.9 Å². The number of esters is 2. The van der Waals surface area contributed by atoms with Crippen LogP contribution in [0.3, 0.4) is 0 Å². The Bertz CT molecular complexity index is 2190. The lowest BCUT2D eigenvalue weighted by Crippen LogP contribution is -2.62. The van der Waals surface area contributed by atoms with Crippen LogP contribution in [0.1, 0.15) is 121 Å². The van der Waals surface area contributed by atoms with Gasteiger partial charge in [-0.2, -0.15) is 0 Å². The minimum Gasteiger partial charge on any atom is -0.459 e. The number of ketones is 2. The average molecular weight is 1030 g/mol. The Kier molecular flexibility index (Phi) is 20.6. The summed E-state index contributed by atoms with van der Waals surface area (Å²) in [6.45, 7) is 20.7. The summed E-state index contributed by atoms with van der Waals surface area (Å²) in [5, 5.41) is 27.4. The lowest BCUT2D eigenvalue weighted by atomic mass is 9.78. The van der Waals surface area contributed by atoms with E-state index >= 15 is 0 Å². The number of unbranched alkanes of at least 4 members (excludes halogenated alkanes) is 1. The SMILES string of the molecule is CC[C@H]1OC(=O)[C@H](C)C(=O)[C@H](C)[C@@H](O[C@@H]2OC(C)CC(N(C)C)C2O)[C@](C)(OC)C[C@@H](C)CN[C@H](CCN[C@H](CC(C)=O)C(=O)OC(C)(C)C)[C@H]2N(CCCCn3cc(-c4cccc(N)c4)nn3)C(=O)O[C@]12C. The average Bonchev–Trinajstić information content (AvgIpc) is 3.89. The predicted molar refractivity (Wildman–Crippen MR) is 274 cm³/mol. The number of ether oxygens (including phenoxy) is 6. The monoisotopic (exact) mass is 1030 g/mol. The van der Waals surface area contributed by atoms with Crippen LogP contribution in [0.25, 0.3) is 11.3 Å². The van der Waals surface area contributed by atoms with Crippen molar-refractivity contribution >= 4 is 35.3 Å². The van der Waals surface area contributed by atoms with E-state index in [0.717, 1.165) is 5.56 Å². The Hall–Kier alpha value is -4.57. The van der Waals surface area contributed by atoms with E-state index < -0.39 is 95.2 Å². The number of fused-ring (bicyclic) bond motifs is 1. The largest absolute Gasteiger partial charge is 0.459 e. The highest BCUT2D eigenvalue weighted by atomic mass is 16.7. The maximum Gasteiger partial charge on any atom is 0.410 e. The van der Waals surface area contributed by atoms with Crippen molar-refractivity contribution in [3.05, 3.63) is 30.5 Å². The van der Waals surface area contributed by atoms with Crippen molar-refractivity contribution in [2.45, 2.75) is 199 Å². The van der Waals surface area contributed by atoms with Gasteiger partial charge in [0.05, 0.1) is 30.0 Å². The van der Waals surface area contributed by atoms with Crippen molar-refractivity contribution in [3.63, 3.8) is 0 Å². The van der Waals surface area contributed by atoms with Crippen LogP contribution < -0.4 is 16.4 Å². The van der Waals surface area contributed by atoms with Gasteiger partial charge >= 0.3 is 18.0 Å². The lowest BCUT2D eigenvalue weighted by Gasteiger charge is -2.46. The normalized spacial score (nSPS) is 32.3. The molecule has 3 saturated heterocycles. The molecule has 0 aliphatic carbocycles. The fraction of sp³-hybridized carbons (Fsp3) is 0.755. The fourth-order valence-corrected chi connectivity index (χ4v) is 10.8. The number of nitrogen functional groups attached to an aromatic ring is 1. The summed E-state index contributed by atoms with van der Waals surface area (Å²) in [5.41, 5.74) is 4.75. The first-order chi connectivity index (χ1) is 34.2. The third-order valence-corrected chi connectivity index (χ3v) is 14.7. The molecule has 5 rings (SSSR count). The van der Waals surface area contributed by atoms with Crippen LogP contribution in [0.4, 0.5) is 10.5 Å². The summed E-state index contributed by atoms with van der Waals surface area (Å²) < 4.78 is 39.5. The number of cyclic esters (lactones) is 1. The molecule has 0 bridgehead atoms. The zero-order valence-corrected chi connectivity index (χ0v) is 45.8. The van der Waals surface area contributed by atoms with Gasteiger partial charge in [-0.25, -0.2) is 4.79 Å². The van der Waals surface area contributed by atoms with E-state index in [0.29, 0.717) is 56.6 Å². The maximum absolute atomic E-state index is 14.7. The van der Waals surface area contributed by atoms with E-state index in [9.17, 15) is 29.1 Å². The molecule has 3 aliphatic heterocycles. The van der Waals surface area contributed by atoms with Gasteiger partial charge in [-0.15, -0.1) is 5.10 Å². The number of benzene rings is 1. The number of nitrogens with two attached hydrogens (primary N) is 1. The number of aromatic nitrogens is 3. The van der Waals surface area contributed by atoms with Crippen molar-refractivity contribution in [2.75, 3.05) is 46.6 Å². The molecule has 1 aromatic carbocycles. The zero-order chi connectivity index (χ0) is 54.2. The van der Waals surface area contributed by atoms with Crippen LogP contribution in [0.15, 0.2) is 30.5 Å². The highest BCUT2D eigenvalue weighted by Gasteiger charge is 2.59. The predicted octanol–water partition coefficient (Wildman–Crippen LogP) is 4.93. The number of amides is 1. The number of aliphatic hydroxyl groups is 1. The van der Waals surface area contributed by atoms with E-state index in [4.69, 9.17) is 34.2 Å². The number of hydrogen-bond donors (Lipinski definition) is 4. The number of aliphatic hydroxyl groups excluding tert-OH is 1. The number of nitrogens with zero attached hydrogens (tertiary/aromatic N) is 5. The Labute approximate surface area is 432 Å². The first-order valence-electron chi connectivity index (χ1n) is 26.1. The third-order valence-electron chi connectivity index (χ3n) is 14.7. The van der Waals surface area contributed by atoms with Crippen LogP contribution in [-0.4, -0.2) is 172 Å². The summed E-state index contributed by atoms with van der Waals surface area (Å²) in [6.07, 6.45) is -0.662. The van der Waals surface area contributed by atoms with E-state index in [1.165, 1.54) is 13.8 Å². The van der Waals surface area contributed by atoms with Crippen LogP contribution in [0, 0.1) is 17.8 Å². The van der Waals surface area contributed by atoms with Crippen LogP contribution in [-0.2, 0) is 54.1 Å². The molecule has 4 heterocycles. The summed E-state index contributed by atoms with van der Waals surface area (Å²) in [7, 11) is 5.32. The Balaban J connectivity index is 1.52. The highest BCUT2D eigenvalue weighted by molar-refractivity contribution is 6.00. The Morgan fingerprint density at radius 1 is 1.10 bits per heavy atom. The second-order valence-corrected chi connectivity index (χ2v) is 22.3. The van der Waals surface area contributed by atoms with Gasteiger partial charge in [0.15, 0.2) is 17.7 Å². The minimum atomic E-state index is -1.44. The van der Waals surface area contributed by atoms with Crippen molar-refractivity contribution in [3.8, 4) is 11.3 Å².